The van der Waals surface area contributed by atoms with Crippen LogP contribution in [-0.4, -0.2) is 27.1 Å². The highest BCUT2D eigenvalue weighted by Crippen LogP contribution is 2.18. The molecule has 1 aromatic heterocycles. The van der Waals surface area contributed by atoms with Crippen LogP contribution in [0.2, 0.25) is 0 Å². The van der Waals surface area contributed by atoms with Crippen molar-refractivity contribution in [3.05, 3.63) is 34.6 Å². The van der Waals surface area contributed by atoms with Crippen LogP contribution in [0.3, 0.4) is 0 Å². The van der Waals surface area contributed by atoms with E-state index in [1.807, 2.05) is 31.2 Å². The number of aromatic amines is 1. The van der Waals surface area contributed by atoms with Crippen molar-refractivity contribution in [2.75, 3.05) is 0 Å². The number of hydrogen-bond donors (Lipinski definition) is 3. The van der Waals surface area contributed by atoms with E-state index in [9.17, 15) is 4.79 Å². The highest BCUT2D eigenvalue weighted by Gasteiger charge is 2.13. The molecule has 0 saturated carbocycles. The minimum absolute atomic E-state index is 0.168. The maximum atomic E-state index is 11.7. The lowest BCUT2D eigenvalue weighted by atomic mass is 10.2. The summed E-state index contributed by atoms with van der Waals surface area (Å²) >= 11 is 3.38. The first kappa shape index (κ1) is 15.7. The van der Waals surface area contributed by atoms with E-state index < -0.39 is 6.04 Å². The summed E-state index contributed by atoms with van der Waals surface area (Å²) in [4.78, 5) is 16.1. The van der Waals surface area contributed by atoms with Gasteiger partial charge in [0.2, 0.25) is 5.91 Å². The summed E-state index contributed by atoms with van der Waals surface area (Å²) in [5.41, 5.74) is 6.65. The first-order chi connectivity index (χ1) is 10.1. The van der Waals surface area contributed by atoms with E-state index in [-0.39, 0.29) is 5.91 Å². The predicted molar refractivity (Wildman–Crippen MR) is 84.2 cm³/mol. The van der Waals surface area contributed by atoms with Crippen LogP contribution in [0.25, 0.3) is 11.4 Å². The van der Waals surface area contributed by atoms with Crippen LogP contribution in [0.1, 0.15) is 25.6 Å². The minimum Gasteiger partial charge on any atom is -0.347 e. The summed E-state index contributed by atoms with van der Waals surface area (Å²) in [6.45, 7) is 2.29. The van der Waals surface area contributed by atoms with E-state index in [0.29, 0.717) is 24.6 Å². The second kappa shape index (κ2) is 7.33. The number of carbonyl (C=O) groups is 1. The molecule has 4 N–H and O–H groups in total. The Bertz CT molecular complexity index is 596. The highest BCUT2D eigenvalue weighted by molar-refractivity contribution is 9.10. The largest absolute Gasteiger partial charge is 0.347 e. The molecule has 2 rings (SSSR count). The van der Waals surface area contributed by atoms with Crippen molar-refractivity contribution in [2.24, 2.45) is 5.73 Å². The molecule has 0 radical (unpaired) electrons. The van der Waals surface area contributed by atoms with Gasteiger partial charge in [0.05, 0.1) is 12.6 Å². The molecule has 0 saturated heterocycles. The van der Waals surface area contributed by atoms with Crippen LogP contribution in [0.4, 0.5) is 0 Å². The van der Waals surface area contributed by atoms with Crippen LogP contribution in [-0.2, 0) is 11.3 Å². The smallest absolute Gasteiger partial charge is 0.237 e. The van der Waals surface area contributed by atoms with E-state index in [0.717, 1.165) is 16.5 Å². The number of nitrogens with one attached hydrogen (secondary N) is 2. The third-order valence-electron chi connectivity index (χ3n) is 3.00. The average Bonchev–Trinajstić information content (AvgIpc) is 2.94. The molecule has 0 fully saturated rings. The number of halogens is 1. The molecule has 0 aliphatic heterocycles. The van der Waals surface area contributed by atoms with Crippen molar-refractivity contribution in [3.63, 3.8) is 0 Å². The van der Waals surface area contributed by atoms with Gasteiger partial charge in [-0.15, -0.1) is 0 Å². The number of aromatic nitrogens is 3. The zero-order valence-corrected chi connectivity index (χ0v) is 13.4. The Hall–Kier alpha value is -1.73. The summed E-state index contributed by atoms with van der Waals surface area (Å²) in [6, 6.07) is 7.23. The maximum absolute atomic E-state index is 11.7. The molecular weight excluding hydrogens is 334 g/mol. The van der Waals surface area contributed by atoms with Crippen LogP contribution in [0.15, 0.2) is 28.7 Å². The van der Waals surface area contributed by atoms with E-state index in [4.69, 9.17) is 5.73 Å². The Morgan fingerprint density at radius 3 is 2.81 bits per heavy atom. The Labute approximate surface area is 131 Å². The fraction of sp³-hybridized carbons (Fsp3) is 0.357. The first-order valence-corrected chi connectivity index (χ1v) is 7.60. The molecule has 6 nitrogen and oxygen atoms in total. The molecule has 1 amide bonds. The van der Waals surface area contributed by atoms with E-state index >= 15 is 0 Å². The van der Waals surface area contributed by atoms with Gasteiger partial charge in [-0.05, 0) is 18.6 Å². The third-order valence-corrected chi connectivity index (χ3v) is 3.53. The summed E-state index contributed by atoms with van der Waals surface area (Å²) < 4.78 is 0.999. The summed E-state index contributed by atoms with van der Waals surface area (Å²) in [5.74, 6) is 1.04. The maximum Gasteiger partial charge on any atom is 0.237 e. The number of hydrogen-bond acceptors (Lipinski definition) is 4. The van der Waals surface area contributed by atoms with Gasteiger partial charge < -0.3 is 11.1 Å². The third kappa shape index (κ3) is 4.37. The molecule has 0 spiro atoms. The van der Waals surface area contributed by atoms with Crippen LogP contribution in [0, 0.1) is 0 Å². The van der Waals surface area contributed by atoms with Gasteiger partial charge in [-0.2, -0.15) is 5.10 Å². The van der Waals surface area contributed by atoms with E-state index in [1.54, 1.807) is 0 Å². The number of nitrogens with two attached hydrogens (primary N) is 1. The fourth-order valence-electron chi connectivity index (χ4n) is 1.85. The molecule has 7 heteroatoms. The van der Waals surface area contributed by atoms with Crippen LogP contribution < -0.4 is 11.1 Å². The average molecular weight is 352 g/mol. The lowest BCUT2D eigenvalue weighted by Crippen LogP contribution is -2.40. The second-order valence-corrected chi connectivity index (χ2v) is 5.64. The van der Waals surface area contributed by atoms with E-state index in [2.05, 4.69) is 36.4 Å². The number of carbonyl (C=O) groups excluding carboxylic acids is 1. The monoisotopic (exact) mass is 351 g/mol. The Morgan fingerprint density at radius 1 is 1.43 bits per heavy atom. The number of amides is 1. The van der Waals surface area contributed by atoms with Crippen molar-refractivity contribution in [3.8, 4) is 11.4 Å². The normalized spacial score (nSPS) is 12.1. The van der Waals surface area contributed by atoms with Crippen molar-refractivity contribution in [1.29, 1.82) is 0 Å². The summed E-state index contributed by atoms with van der Waals surface area (Å²) in [7, 11) is 0. The molecule has 1 heterocycles. The molecule has 1 unspecified atom stereocenters. The Kier molecular flexibility index (Phi) is 5.46. The van der Waals surface area contributed by atoms with Crippen molar-refractivity contribution in [2.45, 2.75) is 32.4 Å². The topological polar surface area (TPSA) is 96.7 Å². The van der Waals surface area contributed by atoms with Crippen molar-refractivity contribution >= 4 is 21.8 Å². The SMILES string of the molecule is CCCC(N)C(=O)NCc1nc(-c2ccc(Br)cc2)n[nH]1. The van der Waals surface area contributed by atoms with Crippen molar-refractivity contribution in [1.82, 2.24) is 20.5 Å². The molecule has 0 aliphatic carbocycles. The van der Waals surface area contributed by atoms with Gasteiger partial charge in [0.1, 0.15) is 5.82 Å². The van der Waals surface area contributed by atoms with Gasteiger partial charge in [0, 0.05) is 10.0 Å². The molecular formula is C14H18BrN5O. The summed E-state index contributed by atoms with van der Waals surface area (Å²) in [5, 5.41) is 9.71. The molecule has 0 bridgehead atoms. The first-order valence-electron chi connectivity index (χ1n) is 6.80. The lowest BCUT2D eigenvalue weighted by Gasteiger charge is -2.09. The molecule has 0 aliphatic rings. The fourth-order valence-corrected chi connectivity index (χ4v) is 2.11. The quantitative estimate of drug-likeness (QED) is 0.741. The minimum atomic E-state index is -0.469. The molecule has 2 aromatic rings. The zero-order chi connectivity index (χ0) is 15.2. The van der Waals surface area contributed by atoms with Crippen molar-refractivity contribution < 1.29 is 4.79 Å². The van der Waals surface area contributed by atoms with Gasteiger partial charge in [-0.25, -0.2) is 4.98 Å². The summed E-state index contributed by atoms with van der Waals surface area (Å²) in [6.07, 6.45) is 1.55. The Balaban J connectivity index is 1.94. The van der Waals surface area contributed by atoms with Gasteiger partial charge in [-0.3, -0.25) is 9.89 Å². The molecule has 1 aromatic carbocycles. The number of rotatable bonds is 6. The molecule has 1 atom stereocenters. The second-order valence-electron chi connectivity index (χ2n) is 4.73. The Morgan fingerprint density at radius 2 is 2.14 bits per heavy atom. The lowest BCUT2D eigenvalue weighted by molar-refractivity contribution is -0.122. The predicted octanol–water partition coefficient (Wildman–Crippen LogP) is 1.98. The number of H-pyrrole nitrogens is 1. The molecule has 112 valence electrons. The van der Waals surface area contributed by atoms with E-state index in [1.165, 1.54) is 0 Å². The standard InChI is InChI=1S/C14H18BrN5O/c1-2-3-11(16)14(21)17-8-12-18-13(20-19-12)9-4-6-10(15)7-5-9/h4-7,11H,2-3,8,16H2,1H3,(H,17,21)(H,18,19,20). The highest BCUT2D eigenvalue weighted by atomic mass is 79.9. The van der Waals surface area contributed by atoms with Gasteiger partial charge in [0.25, 0.3) is 0 Å². The van der Waals surface area contributed by atoms with Gasteiger partial charge in [0.15, 0.2) is 5.82 Å². The van der Waals surface area contributed by atoms with Gasteiger partial charge >= 0.3 is 0 Å². The number of nitrogens with zero attached hydrogens (tertiary/aromatic N) is 2. The van der Waals surface area contributed by atoms with Crippen LogP contribution >= 0.6 is 15.9 Å². The van der Waals surface area contributed by atoms with Gasteiger partial charge in [-0.1, -0.05) is 41.4 Å². The number of benzene rings is 1. The molecule has 21 heavy (non-hydrogen) atoms. The van der Waals surface area contributed by atoms with Crippen LogP contribution in [0.5, 0.6) is 0 Å². The zero-order valence-electron chi connectivity index (χ0n) is 11.8.